The van der Waals surface area contributed by atoms with E-state index in [0.29, 0.717) is 18.2 Å². The molecule has 36 heavy (non-hydrogen) atoms. The van der Waals surface area contributed by atoms with E-state index in [-0.39, 0.29) is 42.1 Å². The van der Waals surface area contributed by atoms with E-state index in [2.05, 4.69) is 30.9 Å². The Morgan fingerprint density at radius 3 is 2.81 bits per heavy atom. The van der Waals surface area contributed by atoms with Crippen molar-refractivity contribution in [2.24, 2.45) is 0 Å². The molecule has 1 unspecified atom stereocenters. The van der Waals surface area contributed by atoms with Crippen LogP contribution in [0.3, 0.4) is 0 Å². The zero-order valence-electron chi connectivity index (χ0n) is 19.4. The van der Waals surface area contributed by atoms with E-state index in [9.17, 15) is 18.0 Å². The fourth-order valence-electron chi connectivity index (χ4n) is 3.60. The second-order valence-electron chi connectivity index (χ2n) is 8.02. The molecule has 1 saturated heterocycles. The second-order valence-corrected chi connectivity index (χ2v) is 8.02. The first-order chi connectivity index (χ1) is 17.3. The Morgan fingerprint density at radius 2 is 2.06 bits per heavy atom. The largest absolute Gasteiger partial charge is 0.491 e. The average molecular weight is 502 g/mol. The first-order valence-electron chi connectivity index (χ1n) is 11.3. The highest BCUT2D eigenvalue weighted by atomic mass is 19.4. The summed E-state index contributed by atoms with van der Waals surface area (Å²) in [5.41, 5.74) is -0.186. The molecular weight excluding hydrogens is 477 g/mol. The summed E-state index contributed by atoms with van der Waals surface area (Å²) in [6.07, 6.45) is -0.0283. The third-order valence-corrected chi connectivity index (χ3v) is 5.38. The number of pyridine rings is 1. The summed E-state index contributed by atoms with van der Waals surface area (Å²) < 4.78 is 51.5. The van der Waals surface area contributed by atoms with Crippen LogP contribution in [0.1, 0.15) is 34.5 Å². The van der Waals surface area contributed by atoms with Gasteiger partial charge in [0.05, 0.1) is 29.5 Å². The first-order valence-corrected chi connectivity index (χ1v) is 11.3. The van der Waals surface area contributed by atoms with Crippen LogP contribution in [0.15, 0.2) is 48.8 Å². The second kappa shape index (κ2) is 11.2. The zero-order chi connectivity index (χ0) is 25.5. The highest BCUT2D eigenvalue weighted by Gasteiger charge is 2.32. The molecule has 1 atom stereocenters. The standard InChI is InChI=1S/C24H25F3N6O3/c1-28-23-30-8-6-16(33-23)13-31-21-20(5-2-7-29-21)22(34)32-17-10-15(24(25,26)27)11-19(12-17)36-14-18-4-3-9-35-18/h2,5-8,10-12,18H,3-4,9,13-14H2,1H3,(H,29,31)(H,32,34)(H,28,30,33). The number of rotatable bonds is 9. The lowest BCUT2D eigenvalue weighted by molar-refractivity contribution is -0.137. The Morgan fingerprint density at radius 1 is 1.19 bits per heavy atom. The van der Waals surface area contributed by atoms with Gasteiger partial charge in [-0.2, -0.15) is 13.2 Å². The predicted molar refractivity (Wildman–Crippen MR) is 127 cm³/mol. The number of amides is 1. The van der Waals surface area contributed by atoms with Crippen LogP contribution in [-0.2, 0) is 17.5 Å². The third-order valence-electron chi connectivity index (χ3n) is 5.38. The van der Waals surface area contributed by atoms with Crippen molar-refractivity contribution in [1.82, 2.24) is 15.0 Å². The van der Waals surface area contributed by atoms with Crippen molar-refractivity contribution in [2.75, 3.05) is 36.2 Å². The van der Waals surface area contributed by atoms with Gasteiger partial charge in [-0.25, -0.2) is 15.0 Å². The molecule has 0 aliphatic carbocycles. The van der Waals surface area contributed by atoms with E-state index < -0.39 is 17.6 Å². The van der Waals surface area contributed by atoms with Crippen molar-refractivity contribution in [3.05, 3.63) is 65.6 Å². The predicted octanol–water partition coefficient (Wildman–Crippen LogP) is 4.35. The molecule has 3 N–H and O–H groups in total. The van der Waals surface area contributed by atoms with Crippen LogP contribution in [0.2, 0.25) is 0 Å². The quantitative estimate of drug-likeness (QED) is 0.396. The van der Waals surface area contributed by atoms with Crippen LogP contribution in [0.25, 0.3) is 0 Å². The molecule has 4 rings (SSSR count). The maximum atomic E-state index is 13.5. The van der Waals surface area contributed by atoms with E-state index in [0.717, 1.165) is 25.0 Å². The fourth-order valence-corrected chi connectivity index (χ4v) is 3.60. The fraction of sp³-hybridized carbons (Fsp3) is 0.333. The Kier molecular flexibility index (Phi) is 7.84. The number of nitrogens with zero attached hydrogens (tertiary/aromatic N) is 3. The summed E-state index contributed by atoms with van der Waals surface area (Å²) in [4.78, 5) is 25.6. The van der Waals surface area contributed by atoms with Crippen molar-refractivity contribution in [3.8, 4) is 5.75 Å². The number of alkyl halides is 3. The van der Waals surface area contributed by atoms with Gasteiger partial charge in [0.15, 0.2) is 0 Å². The molecule has 190 valence electrons. The summed E-state index contributed by atoms with van der Waals surface area (Å²) >= 11 is 0. The van der Waals surface area contributed by atoms with Gasteiger partial charge in [0, 0.05) is 37.8 Å². The summed E-state index contributed by atoms with van der Waals surface area (Å²) in [7, 11) is 1.69. The van der Waals surface area contributed by atoms with Gasteiger partial charge in [0.1, 0.15) is 18.2 Å². The normalized spacial score (nSPS) is 15.4. The molecule has 1 aliphatic rings. The Hall–Kier alpha value is -3.93. The molecule has 0 spiro atoms. The lowest BCUT2D eigenvalue weighted by Crippen LogP contribution is -2.18. The minimum atomic E-state index is -4.62. The molecule has 0 radical (unpaired) electrons. The Labute approximate surface area is 205 Å². The van der Waals surface area contributed by atoms with Gasteiger partial charge in [0.2, 0.25) is 5.95 Å². The summed E-state index contributed by atoms with van der Waals surface area (Å²) in [6, 6.07) is 7.91. The van der Waals surface area contributed by atoms with Gasteiger partial charge in [-0.3, -0.25) is 4.79 Å². The summed E-state index contributed by atoms with van der Waals surface area (Å²) in [6.45, 7) is 0.982. The number of carbonyl (C=O) groups excluding carboxylic acids is 1. The highest BCUT2D eigenvalue weighted by molar-refractivity contribution is 6.07. The van der Waals surface area contributed by atoms with Crippen LogP contribution in [0.4, 0.5) is 30.6 Å². The van der Waals surface area contributed by atoms with Crippen molar-refractivity contribution in [1.29, 1.82) is 0 Å². The molecule has 12 heteroatoms. The number of hydrogen-bond acceptors (Lipinski definition) is 8. The van der Waals surface area contributed by atoms with Crippen molar-refractivity contribution < 1.29 is 27.4 Å². The molecule has 9 nitrogen and oxygen atoms in total. The Balaban J connectivity index is 1.50. The van der Waals surface area contributed by atoms with Crippen molar-refractivity contribution >= 4 is 23.4 Å². The molecular formula is C24H25F3N6O3. The number of nitrogens with one attached hydrogen (secondary N) is 3. The zero-order valence-corrected chi connectivity index (χ0v) is 19.4. The van der Waals surface area contributed by atoms with E-state index in [1.165, 1.54) is 18.3 Å². The Bertz CT molecular complexity index is 1200. The summed E-state index contributed by atoms with van der Waals surface area (Å²) in [5.74, 6) is 0.0506. The molecule has 1 aliphatic heterocycles. The number of carbonyl (C=O) groups is 1. The van der Waals surface area contributed by atoms with Gasteiger partial charge in [0.25, 0.3) is 5.91 Å². The molecule has 0 saturated carbocycles. The average Bonchev–Trinajstić information content (AvgIpc) is 3.40. The monoisotopic (exact) mass is 502 g/mol. The number of hydrogen-bond donors (Lipinski definition) is 3. The lowest BCUT2D eigenvalue weighted by atomic mass is 10.1. The van der Waals surface area contributed by atoms with E-state index >= 15 is 0 Å². The van der Waals surface area contributed by atoms with Crippen molar-refractivity contribution in [2.45, 2.75) is 31.7 Å². The molecule has 3 aromatic rings. The lowest BCUT2D eigenvalue weighted by Gasteiger charge is -2.16. The van der Waals surface area contributed by atoms with Gasteiger partial charge in [-0.15, -0.1) is 0 Å². The van der Waals surface area contributed by atoms with Crippen LogP contribution in [-0.4, -0.2) is 47.2 Å². The van der Waals surface area contributed by atoms with E-state index in [1.807, 2.05) is 0 Å². The van der Waals surface area contributed by atoms with E-state index in [4.69, 9.17) is 9.47 Å². The molecule has 1 amide bonds. The molecule has 3 heterocycles. The van der Waals surface area contributed by atoms with Crippen LogP contribution >= 0.6 is 0 Å². The van der Waals surface area contributed by atoms with Crippen LogP contribution in [0, 0.1) is 0 Å². The smallest absolute Gasteiger partial charge is 0.416 e. The minimum Gasteiger partial charge on any atom is -0.491 e. The molecule has 2 aromatic heterocycles. The van der Waals surface area contributed by atoms with Gasteiger partial charge in [-0.1, -0.05) is 0 Å². The highest BCUT2D eigenvalue weighted by Crippen LogP contribution is 2.34. The van der Waals surface area contributed by atoms with Gasteiger partial charge in [-0.05, 0) is 43.2 Å². The third kappa shape index (κ3) is 6.60. The molecule has 1 fully saturated rings. The number of aromatic nitrogens is 3. The van der Waals surface area contributed by atoms with Crippen molar-refractivity contribution in [3.63, 3.8) is 0 Å². The van der Waals surface area contributed by atoms with Gasteiger partial charge < -0.3 is 25.4 Å². The topological polar surface area (TPSA) is 110 Å². The van der Waals surface area contributed by atoms with Crippen LogP contribution in [0.5, 0.6) is 5.75 Å². The van der Waals surface area contributed by atoms with Crippen LogP contribution < -0.4 is 20.7 Å². The number of benzene rings is 1. The molecule has 1 aromatic carbocycles. The summed E-state index contributed by atoms with van der Waals surface area (Å²) in [5, 5.41) is 8.41. The SMILES string of the molecule is CNc1nccc(CNc2ncccc2C(=O)Nc2cc(OCC3CCCO3)cc(C(F)(F)F)c2)n1. The maximum absolute atomic E-state index is 13.5. The van der Waals surface area contributed by atoms with Gasteiger partial charge >= 0.3 is 6.18 Å². The molecule has 0 bridgehead atoms. The number of halogens is 3. The minimum absolute atomic E-state index is 0.00994. The number of anilines is 3. The first kappa shape index (κ1) is 25.2. The maximum Gasteiger partial charge on any atom is 0.416 e. The number of ether oxygens (including phenoxy) is 2. The van der Waals surface area contributed by atoms with E-state index in [1.54, 1.807) is 25.4 Å².